The quantitative estimate of drug-likeness (QED) is 0.728. The summed E-state index contributed by atoms with van der Waals surface area (Å²) >= 11 is 1.59. The fourth-order valence-electron chi connectivity index (χ4n) is 1.55. The molecule has 3 aromatic rings. The molecule has 0 spiro atoms. The lowest BCUT2D eigenvalue weighted by atomic mass is 10.5. The lowest BCUT2D eigenvalue weighted by Gasteiger charge is -2.02. The third-order valence-corrected chi connectivity index (χ3v) is 3.33. The van der Waals surface area contributed by atoms with Crippen LogP contribution in [-0.2, 0) is 6.54 Å². The molecule has 0 aliphatic rings. The first-order valence-corrected chi connectivity index (χ1v) is 6.20. The summed E-state index contributed by atoms with van der Waals surface area (Å²) in [6, 6.07) is 3.50. The van der Waals surface area contributed by atoms with Crippen LogP contribution in [0.5, 0.6) is 0 Å². The van der Waals surface area contributed by atoms with Gasteiger partial charge in [0.25, 0.3) is 0 Å². The number of thiazole rings is 1. The van der Waals surface area contributed by atoms with E-state index >= 15 is 0 Å². The Hall–Kier alpha value is -2.22. The lowest BCUT2D eigenvalue weighted by molar-refractivity contribution is 0.874. The number of anilines is 1. The van der Waals surface area contributed by atoms with Gasteiger partial charge < -0.3 is 5.32 Å². The predicted octanol–water partition coefficient (Wildman–Crippen LogP) is 0.795. The van der Waals surface area contributed by atoms with Crippen LogP contribution < -0.4 is 11.0 Å². The molecule has 0 aromatic carbocycles. The van der Waals surface area contributed by atoms with Gasteiger partial charge in [-0.2, -0.15) is 9.61 Å². The number of aromatic amines is 1. The molecule has 0 amide bonds. The van der Waals surface area contributed by atoms with Crippen molar-refractivity contribution < 1.29 is 0 Å². The minimum Gasteiger partial charge on any atom is -0.362 e. The standard InChI is InChI=1S/C10H10N6OS/c1-6-5-18-9(12-6)4-11-7-2-3-8-13-14-10(17)16(8)15-7/h2-3,5H,4H2,1H3,(H,11,15)(H,14,17). The van der Waals surface area contributed by atoms with Gasteiger partial charge in [0, 0.05) is 11.1 Å². The van der Waals surface area contributed by atoms with Crippen molar-refractivity contribution in [2.45, 2.75) is 13.5 Å². The van der Waals surface area contributed by atoms with Gasteiger partial charge in [-0.15, -0.1) is 16.4 Å². The number of nitrogens with one attached hydrogen (secondary N) is 2. The Kier molecular flexibility index (Phi) is 2.56. The molecule has 2 N–H and O–H groups in total. The number of aryl methyl sites for hydroxylation is 1. The van der Waals surface area contributed by atoms with Crippen molar-refractivity contribution in [1.82, 2.24) is 24.8 Å². The van der Waals surface area contributed by atoms with Crippen LogP contribution in [0.3, 0.4) is 0 Å². The van der Waals surface area contributed by atoms with Gasteiger partial charge in [-0.3, -0.25) is 0 Å². The molecule has 0 bridgehead atoms. The van der Waals surface area contributed by atoms with E-state index in [0.29, 0.717) is 18.0 Å². The van der Waals surface area contributed by atoms with Gasteiger partial charge in [-0.1, -0.05) is 0 Å². The average molecular weight is 262 g/mol. The molecule has 0 radical (unpaired) electrons. The monoisotopic (exact) mass is 262 g/mol. The van der Waals surface area contributed by atoms with E-state index in [1.54, 1.807) is 23.5 Å². The molecule has 0 saturated carbocycles. The Bertz CT molecular complexity index is 742. The molecular formula is C10H10N6OS. The van der Waals surface area contributed by atoms with Crippen molar-refractivity contribution in [3.63, 3.8) is 0 Å². The fraction of sp³-hybridized carbons (Fsp3) is 0.200. The zero-order valence-electron chi connectivity index (χ0n) is 9.54. The second kappa shape index (κ2) is 4.22. The van der Waals surface area contributed by atoms with Gasteiger partial charge >= 0.3 is 5.69 Å². The van der Waals surface area contributed by atoms with E-state index in [9.17, 15) is 4.79 Å². The minimum absolute atomic E-state index is 0.348. The second-order valence-electron chi connectivity index (χ2n) is 3.75. The van der Waals surface area contributed by atoms with E-state index in [4.69, 9.17) is 0 Å². The molecule has 8 heteroatoms. The molecule has 0 aliphatic heterocycles. The number of aromatic nitrogens is 5. The smallest absolute Gasteiger partial charge is 0.362 e. The largest absolute Gasteiger partial charge is 0.364 e. The highest BCUT2D eigenvalue weighted by Crippen LogP contribution is 2.11. The molecule has 3 heterocycles. The third-order valence-electron chi connectivity index (χ3n) is 2.36. The van der Waals surface area contributed by atoms with Crippen molar-refractivity contribution in [2.75, 3.05) is 5.32 Å². The highest BCUT2D eigenvalue weighted by atomic mass is 32.1. The first-order valence-electron chi connectivity index (χ1n) is 5.32. The summed E-state index contributed by atoms with van der Waals surface area (Å²) in [6.07, 6.45) is 0. The molecule has 0 saturated heterocycles. The average Bonchev–Trinajstić information content (AvgIpc) is 2.94. The van der Waals surface area contributed by atoms with E-state index in [1.807, 2.05) is 12.3 Å². The third kappa shape index (κ3) is 1.97. The number of nitrogens with zero attached hydrogens (tertiary/aromatic N) is 4. The first-order chi connectivity index (χ1) is 8.72. The van der Waals surface area contributed by atoms with Crippen LogP contribution >= 0.6 is 11.3 Å². The van der Waals surface area contributed by atoms with E-state index in [1.165, 1.54) is 4.52 Å². The van der Waals surface area contributed by atoms with E-state index < -0.39 is 0 Å². The van der Waals surface area contributed by atoms with Gasteiger partial charge in [0.2, 0.25) is 0 Å². The Morgan fingerprint density at radius 2 is 2.39 bits per heavy atom. The Morgan fingerprint density at radius 3 is 3.17 bits per heavy atom. The van der Waals surface area contributed by atoms with Gasteiger partial charge in [-0.25, -0.2) is 14.9 Å². The summed E-state index contributed by atoms with van der Waals surface area (Å²) < 4.78 is 1.22. The zero-order chi connectivity index (χ0) is 12.5. The molecule has 3 rings (SSSR count). The summed E-state index contributed by atoms with van der Waals surface area (Å²) in [6.45, 7) is 2.54. The van der Waals surface area contributed by atoms with Crippen LogP contribution in [-0.4, -0.2) is 24.8 Å². The predicted molar refractivity (Wildman–Crippen MR) is 67.8 cm³/mol. The maximum absolute atomic E-state index is 11.4. The molecule has 0 aliphatic carbocycles. The highest BCUT2D eigenvalue weighted by Gasteiger charge is 2.03. The zero-order valence-corrected chi connectivity index (χ0v) is 10.4. The molecule has 0 fully saturated rings. The molecule has 0 unspecified atom stereocenters. The van der Waals surface area contributed by atoms with Gasteiger partial charge in [0.1, 0.15) is 10.8 Å². The van der Waals surface area contributed by atoms with E-state index in [0.717, 1.165) is 10.7 Å². The van der Waals surface area contributed by atoms with Gasteiger partial charge in [0.15, 0.2) is 5.65 Å². The van der Waals surface area contributed by atoms with E-state index in [-0.39, 0.29) is 5.69 Å². The van der Waals surface area contributed by atoms with Crippen molar-refractivity contribution in [2.24, 2.45) is 0 Å². The van der Waals surface area contributed by atoms with Crippen LogP contribution in [0.2, 0.25) is 0 Å². The normalized spacial score (nSPS) is 10.9. The summed E-state index contributed by atoms with van der Waals surface area (Å²) in [5.41, 5.74) is 1.15. The molecule has 18 heavy (non-hydrogen) atoms. The van der Waals surface area contributed by atoms with Crippen LogP contribution in [0.1, 0.15) is 10.7 Å². The fourth-order valence-corrected chi connectivity index (χ4v) is 2.26. The van der Waals surface area contributed by atoms with Crippen LogP contribution in [0.25, 0.3) is 5.65 Å². The Balaban J connectivity index is 1.82. The summed E-state index contributed by atoms with van der Waals surface area (Å²) in [4.78, 5) is 15.7. The summed E-state index contributed by atoms with van der Waals surface area (Å²) in [5, 5.41) is 16.4. The minimum atomic E-state index is -0.348. The Labute approximate surface area is 106 Å². The Morgan fingerprint density at radius 1 is 1.50 bits per heavy atom. The maximum Gasteiger partial charge on any atom is 0.364 e. The van der Waals surface area contributed by atoms with Crippen molar-refractivity contribution in [1.29, 1.82) is 0 Å². The lowest BCUT2D eigenvalue weighted by Crippen LogP contribution is -2.13. The molecule has 7 nitrogen and oxygen atoms in total. The molecule has 3 aromatic heterocycles. The maximum atomic E-state index is 11.4. The number of H-pyrrole nitrogens is 1. The van der Waals surface area contributed by atoms with Crippen LogP contribution in [0, 0.1) is 6.92 Å². The van der Waals surface area contributed by atoms with Crippen LogP contribution in [0.4, 0.5) is 5.82 Å². The molecule has 92 valence electrons. The van der Waals surface area contributed by atoms with Crippen molar-refractivity contribution >= 4 is 22.8 Å². The second-order valence-corrected chi connectivity index (χ2v) is 4.70. The summed E-state index contributed by atoms with van der Waals surface area (Å²) in [7, 11) is 0. The van der Waals surface area contributed by atoms with E-state index in [2.05, 4.69) is 25.6 Å². The number of hydrogen-bond donors (Lipinski definition) is 2. The SMILES string of the molecule is Cc1csc(CNc2ccc3n[nH]c(=O)n3n2)n1. The van der Waals surface area contributed by atoms with Gasteiger partial charge in [0.05, 0.1) is 6.54 Å². The molecular weight excluding hydrogens is 252 g/mol. The summed E-state index contributed by atoms with van der Waals surface area (Å²) in [5.74, 6) is 0.610. The first kappa shape index (κ1) is 10.9. The van der Waals surface area contributed by atoms with Crippen molar-refractivity contribution in [3.05, 3.63) is 38.7 Å². The topological polar surface area (TPSA) is 88.0 Å². The van der Waals surface area contributed by atoms with Gasteiger partial charge in [-0.05, 0) is 19.1 Å². The van der Waals surface area contributed by atoms with Crippen LogP contribution in [0.15, 0.2) is 22.3 Å². The molecule has 0 atom stereocenters. The number of fused-ring (bicyclic) bond motifs is 1. The highest BCUT2D eigenvalue weighted by molar-refractivity contribution is 7.09. The number of rotatable bonds is 3. The number of hydrogen-bond acceptors (Lipinski definition) is 6. The van der Waals surface area contributed by atoms with Crippen molar-refractivity contribution in [3.8, 4) is 0 Å².